The van der Waals surface area contributed by atoms with E-state index in [1.54, 1.807) is 30.3 Å². The fourth-order valence-corrected chi connectivity index (χ4v) is 2.56. The van der Waals surface area contributed by atoms with Gasteiger partial charge in [-0.15, -0.1) is 11.3 Å². The number of hydrogen-bond acceptors (Lipinski definition) is 3. The molecule has 0 aliphatic rings. The summed E-state index contributed by atoms with van der Waals surface area (Å²) in [7, 11) is 0. The molecule has 0 aliphatic heterocycles. The van der Waals surface area contributed by atoms with Crippen LogP contribution in [0.5, 0.6) is 0 Å². The zero-order chi connectivity index (χ0) is 11.7. The molecule has 0 aliphatic carbocycles. The molecule has 0 unspecified atom stereocenters. The van der Waals surface area contributed by atoms with Crippen LogP contribution in [0.25, 0.3) is 0 Å². The molecular weight excluding hydrogens is 242 g/mol. The van der Waals surface area contributed by atoms with E-state index in [1.807, 2.05) is 6.92 Å². The third-order valence-corrected chi connectivity index (χ3v) is 3.78. The number of hydrogen-bond donors (Lipinski definition) is 1. The number of aryl methyl sites for hydroxylation is 1. The van der Waals surface area contributed by atoms with E-state index < -0.39 is 0 Å². The molecule has 2 nitrogen and oxygen atoms in total. The lowest BCUT2D eigenvalue weighted by molar-refractivity contribution is 0.104. The first-order chi connectivity index (χ1) is 7.58. The number of ketones is 1. The Balaban J connectivity index is 2.39. The Kier molecular flexibility index (Phi) is 2.99. The van der Waals surface area contributed by atoms with Crippen LogP contribution in [0.1, 0.15) is 20.8 Å². The molecule has 1 heterocycles. The van der Waals surface area contributed by atoms with Gasteiger partial charge in [-0.25, -0.2) is 0 Å². The first kappa shape index (κ1) is 11.2. The van der Waals surface area contributed by atoms with Crippen LogP contribution in [-0.2, 0) is 0 Å². The van der Waals surface area contributed by atoms with Crippen LogP contribution in [-0.4, -0.2) is 5.78 Å². The molecule has 0 saturated carbocycles. The highest BCUT2D eigenvalue weighted by Gasteiger charge is 2.13. The summed E-state index contributed by atoms with van der Waals surface area (Å²) in [5.41, 5.74) is 7.75. The average molecular weight is 252 g/mol. The van der Waals surface area contributed by atoms with E-state index in [0.29, 0.717) is 20.5 Å². The van der Waals surface area contributed by atoms with Crippen molar-refractivity contribution < 1.29 is 4.79 Å². The number of carbonyl (C=O) groups excluding carboxylic acids is 1. The van der Waals surface area contributed by atoms with Gasteiger partial charge in [-0.2, -0.15) is 0 Å². The number of rotatable bonds is 2. The third-order valence-electron chi connectivity index (χ3n) is 2.23. The van der Waals surface area contributed by atoms with E-state index in [2.05, 4.69) is 0 Å². The van der Waals surface area contributed by atoms with Gasteiger partial charge in [-0.1, -0.05) is 23.7 Å². The summed E-state index contributed by atoms with van der Waals surface area (Å²) >= 11 is 7.23. The number of carbonyl (C=O) groups is 1. The second kappa shape index (κ2) is 4.28. The summed E-state index contributed by atoms with van der Waals surface area (Å²) in [5.74, 6) is -0.0349. The lowest BCUT2D eigenvalue weighted by Crippen LogP contribution is -1.99. The van der Waals surface area contributed by atoms with Crippen LogP contribution < -0.4 is 5.73 Å². The van der Waals surface area contributed by atoms with Gasteiger partial charge in [0.2, 0.25) is 5.78 Å². The van der Waals surface area contributed by atoms with Crippen molar-refractivity contribution >= 4 is 34.4 Å². The third kappa shape index (κ3) is 2.10. The summed E-state index contributed by atoms with van der Waals surface area (Å²) in [4.78, 5) is 12.7. The van der Waals surface area contributed by atoms with Gasteiger partial charge in [0.1, 0.15) is 0 Å². The van der Waals surface area contributed by atoms with Gasteiger partial charge in [0.15, 0.2) is 0 Å². The molecule has 0 fully saturated rings. The second-order valence-corrected chi connectivity index (χ2v) is 5.18. The van der Waals surface area contributed by atoms with E-state index in [4.69, 9.17) is 17.3 Å². The predicted octanol–water partition coefficient (Wildman–Crippen LogP) is 3.52. The first-order valence-electron chi connectivity index (χ1n) is 4.74. The van der Waals surface area contributed by atoms with Gasteiger partial charge in [-0.05, 0) is 30.7 Å². The van der Waals surface area contributed by atoms with Crippen LogP contribution in [0.2, 0.25) is 4.34 Å². The zero-order valence-electron chi connectivity index (χ0n) is 8.66. The molecule has 2 N–H and O–H groups in total. The predicted molar refractivity (Wildman–Crippen MR) is 68.4 cm³/mol. The van der Waals surface area contributed by atoms with E-state index in [1.165, 1.54) is 11.3 Å². The van der Waals surface area contributed by atoms with Gasteiger partial charge in [0, 0.05) is 11.3 Å². The number of anilines is 1. The number of nitrogens with two attached hydrogens (primary N) is 1. The topological polar surface area (TPSA) is 43.1 Å². The van der Waals surface area contributed by atoms with E-state index in [-0.39, 0.29) is 5.78 Å². The highest BCUT2D eigenvalue weighted by atomic mass is 35.5. The summed E-state index contributed by atoms with van der Waals surface area (Å²) in [6.07, 6.45) is 0. The van der Waals surface area contributed by atoms with Gasteiger partial charge in [0.05, 0.1) is 9.21 Å². The van der Waals surface area contributed by atoms with E-state index in [0.717, 1.165) is 5.56 Å². The number of nitrogen functional groups attached to an aromatic ring is 1. The Bertz CT molecular complexity index is 528. The Labute approximate surface area is 103 Å². The molecule has 16 heavy (non-hydrogen) atoms. The number of thiophene rings is 1. The molecule has 0 amide bonds. The van der Waals surface area contributed by atoms with Crippen molar-refractivity contribution in [3.8, 4) is 0 Å². The summed E-state index contributed by atoms with van der Waals surface area (Å²) < 4.78 is 0.659. The van der Waals surface area contributed by atoms with Crippen molar-refractivity contribution in [2.24, 2.45) is 0 Å². The zero-order valence-corrected chi connectivity index (χ0v) is 10.2. The first-order valence-corrected chi connectivity index (χ1v) is 5.93. The summed E-state index contributed by atoms with van der Waals surface area (Å²) in [6, 6.07) is 8.75. The standard InChI is InChI=1S/C12H10ClNOS/c1-7-5-10(16-12(7)13)11(15)8-3-2-4-9(14)6-8/h2-6H,14H2,1H3. The molecule has 0 bridgehead atoms. The van der Waals surface area contributed by atoms with Crippen LogP contribution in [0.4, 0.5) is 5.69 Å². The Morgan fingerprint density at radius 1 is 1.38 bits per heavy atom. The monoisotopic (exact) mass is 251 g/mol. The molecule has 4 heteroatoms. The van der Waals surface area contributed by atoms with Gasteiger partial charge in [0.25, 0.3) is 0 Å². The molecule has 0 spiro atoms. The summed E-state index contributed by atoms with van der Waals surface area (Å²) in [6.45, 7) is 1.88. The maximum Gasteiger partial charge on any atom is 0.203 e. The molecule has 0 saturated heterocycles. The fraction of sp³-hybridized carbons (Fsp3) is 0.0833. The normalized spacial score (nSPS) is 10.4. The van der Waals surface area contributed by atoms with E-state index >= 15 is 0 Å². The van der Waals surface area contributed by atoms with Crippen molar-refractivity contribution in [3.05, 3.63) is 50.7 Å². The van der Waals surface area contributed by atoms with Crippen LogP contribution in [0, 0.1) is 6.92 Å². The maximum absolute atomic E-state index is 12.1. The lowest BCUT2D eigenvalue weighted by Gasteiger charge is -1.98. The minimum atomic E-state index is -0.0349. The van der Waals surface area contributed by atoms with Crippen molar-refractivity contribution in [1.29, 1.82) is 0 Å². The SMILES string of the molecule is Cc1cc(C(=O)c2cccc(N)c2)sc1Cl. The minimum absolute atomic E-state index is 0.0349. The van der Waals surface area contributed by atoms with Crippen LogP contribution in [0.15, 0.2) is 30.3 Å². The van der Waals surface area contributed by atoms with Gasteiger partial charge in [-0.3, -0.25) is 4.79 Å². The molecule has 1 aromatic carbocycles. The van der Waals surface area contributed by atoms with Crippen LogP contribution in [0.3, 0.4) is 0 Å². The number of halogens is 1. The molecule has 82 valence electrons. The second-order valence-electron chi connectivity index (χ2n) is 3.52. The van der Waals surface area contributed by atoms with Crippen molar-refractivity contribution in [2.45, 2.75) is 6.92 Å². The average Bonchev–Trinajstić information content (AvgIpc) is 2.58. The van der Waals surface area contributed by atoms with Crippen LogP contribution >= 0.6 is 22.9 Å². The Morgan fingerprint density at radius 2 is 2.12 bits per heavy atom. The molecule has 0 radical (unpaired) electrons. The molecule has 2 rings (SSSR count). The maximum atomic E-state index is 12.1. The molecule has 1 aromatic heterocycles. The minimum Gasteiger partial charge on any atom is -0.399 e. The van der Waals surface area contributed by atoms with Crippen molar-refractivity contribution in [1.82, 2.24) is 0 Å². The summed E-state index contributed by atoms with van der Waals surface area (Å²) in [5, 5.41) is 0. The highest BCUT2D eigenvalue weighted by molar-refractivity contribution is 7.18. The smallest absolute Gasteiger partial charge is 0.203 e. The Hall–Kier alpha value is -1.32. The van der Waals surface area contributed by atoms with Gasteiger partial charge >= 0.3 is 0 Å². The molecular formula is C12H10ClNOS. The lowest BCUT2D eigenvalue weighted by atomic mass is 10.1. The van der Waals surface area contributed by atoms with E-state index in [9.17, 15) is 4.79 Å². The quantitative estimate of drug-likeness (QED) is 0.656. The highest BCUT2D eigenvalue weighted by Crippen LogP contribution is 2.28. The molecule has 0 atom stereocenters. The van der Waals surface area contributed by atoms with Gasteiger partial charge < -0.3 is 5.73 Å². The molecule has 2 aromatic rings. The largest absolute Gasteiger partial charge is 0.399 e. The van der Waals surface area contributed by atoms with Crippen molar-refractivity contribution in [3.63, 3.8) is 0 Å². The van der Waals surface area contributed by atoms with Crippen molar-refractivity contribution in [2.75, 3.05) is 5.73 Å². The fourth-order valence-electron chi connectivity index (χ4n) is 1.39. The Morgan fingerprint density at radius 3 is 2.69 bits per heavy atom. The number of benzene rings is 1.